The van der Waals surface area contributed by atoms with E-state index in [2.05, 4.69) is 4.99 Å². The molecule has 0 atom stereocenters. The summed E-state index contributed by atoms with van der Waals surface area (Å²) in [5.74, 6) is -0.846. The average molecular weight is 392 g/mol. The minimum Gasteiger partial charge on any atom is -0.319 e. The minimum absolute atomic E-state index is 0.0364. The van der Waals surface area contributed by atoms with Gasteiger partial charge in [0.2, 0.25) is 5.91 Å². The second-order valence-electron chi connectivity index (χ2n) is 5.80. The molecule has 0 bridgehead atoms. The van der Waals surface area contributed by atoms with Crippen LogP contribution in [0.3, 0.4) is 0 Å². The molecule has 3 aromatic rings. The first-order chi connectivity index (χ1) is 12.4. The van der Waals surface area contributed by atoms with Gasteiger partial charge in [0, 0.05) is 13.5 Å². The van der Waals surface area contributed by atoms with Crippen molar-refractivity contribution in [1.29, 1.82) is 0 Å². The van der Waals surface area contributed by atoms with Crippen LogP contribution in [0.4, 0.5) is 4.39 Å². The summed E-state index contributed by atoms with van der Waals surface area (Å²) in [4.78, 5) is 16.8. The molecular weight excluding hydrogens is 375 g/mol. The van der Waals surface area contributed by atoms with Crippen molar-refractivity contribution in [1.82, 2.24) is 4.57 Å². The zero-order valence-electron chi connectivity index (χ0n) is 14.1. The highest BCUT2D eigenvalue weighted by Crippen LogP contribution is 2.17. The lowest BCUT2D eigenvalue weighted by Gasteiger charge is -2.02. The van der Waals surface area contributed by atoms with Crippen LogP contribution < -0.4 is 4.80 Å². The summed E-state index contributed by atoms with van der Waals surface area (Å²) in [6.07, 6.45) is 0.234. The first kappa shape index (κ1) is 18.5. The number of thiazole rings is 1. The molecule has 1 heterocycles. The Morgan fingerprint density at radius 3 is 2.65 bits per heavy atom. The fourth-order valence-electron chi connectivity index (χ4n) is 2.54. The van der Waals surface area contributed by atoms with E-state index in [1.807, 2.05) is 0 Å². The number of rotatable bonds is 5. The van der Waals surface area contributed by atoms with E-state index < -0.39 is 15.7 Å². The van der Waals surface area contributed by atoms with Crippen molar-refractivity contribution in [3.8, 4) is 0 Å². The largest absolute Gasteiger partial charge is 0.319 e. The number of fused-ring (bicyclic) bond motifs is 1. The van der Waals surface area contributed by atoms with E-state index in [9.17, 15) is 17.6 Å². The van der Waals surface area contributed by atoms with E-state index >= 15 is 0 Å². The van der Waals surface area contributed by atoms with Gasteiger partial charge in [-0.15, -0.1) is 0 Å². The molecule has 0 radical (unpaired) electrons. The van der Waals surface area contributed by atoms with Crippen LogP contribution in [0, 0.1) is 5.82 Å². The summed E-state index contributed by atoms with van der Waals surface area (Å²) in [5.41, 5.74) is 0.787. The Labute approximate surface area is 154 Å². The number of sulfone groups is 1. The summed E-state index contributed by atoms with van der Waals surface area (Å²) in [7, 11) is -1.65. The molecule has 0 aliphatic heterocycles. The fourth-order valence-corrected chi connectivity index (χ4v) is 4.93. The number of carbonyl (C=O) groups excluding carboxylic acids is 1. The number of hydrogen-bond donors (Lipinski definition) is 0. The third-order valence-electron chi connectivity index (χ3n) is 3.90. The third-order valence-corrected chi connectivity index (χ3v) is 6.81. The van der Waals surface area contributed by atoms with Crippen LogP contribution in [0.25, 0.3) is 10.2 Å². The molecule has 0 aliphatic rings. The quantitative estimate of drug-likeness (QED) is 0.670. The lowest BCUT2D eigenvalue weighted by molar-refractivity contribution is -0.118. The lowest BCUT2D eigenvalue weighted by atomic mass is 10.3. The van der Waals surface area contributed by atoms with Crippen molar-refractivity contribution < 1.29 is 17.6 Å². The van der Waals surface area contributed by atoms with Gasteiger partial charge in [-0.1, -0.05) is 29.5 Å². The number of nitrogens with zero attached hydrogens (tertiary/aromatic N) is 2. The van der Waals surface area contributed by atoms with Crippen molar-refractivity contribution >= 4 is 37.3 Å². The number of amides is 1. The first-order valence-corrected chi connectivity index (χ1v) is 10.4. The van der Waals surface area contributed by atoms with E-state index in [0.29, 0.717) is 9.50 Å². The normalized spacial score (nSPS) is 12.6. The summed E-state index contributed by atoms with van der Waals surface area (Å²) in [5, 5.41) is 0. The van der Waals surface area contributed by atoms with Crippen molar-refractivity contribution in [3.05, 3.63) is 59.1 Å². The Bertz CT molecular complexity index is 1120. The molecule has 26 heavy (non-hydrogen) atoms. The molecule has 0 N–H and O–H groups in total. The van der Waals surface area contributed by atoms with E-state index in [1.165, 1.54) is 35.6 Å². The fraction of sp³-hybridized carbons (Fsp3) is 0.222. The summed E-state index contributed by atoms with van der Waals surface area (Å²) < 4.78 is 40.1. The number of carbonyl (C=O) groups is 1. The predicted molar refractivity (Wildman–Crippen MR) is 99.1 cm³/mol. The highest BCUT2D eigenvalue weighted by atomic mass is 32.2. The van der Waals surface area contributed by atoms with Crippen LogP contribution in [0.5, 0.6) is 0 Å². The van der Waals surface area contributed by atoms with Gasteiger partial charge in [0.15, 0.2) is 14.6 Å². The molecule has 0 unspecified atom stereocenters. The number of benzene rings is 2. The van der Waals surface area contributed by atoms with Crippen molar-refractivity contribution in [2.75, 3.05) is 5.75 Å². The van der Waals surface area contributed by atoms with Crippen molar-refractivity contribution in [2.45, 2.75) is 17.7 Å². The van der Waals surface area contributed by atoms with Gasteiger partial charge in [-0.3, -0.25) is 4.79 Å². The second kappa shape index (κ2) is 7.51. The maximum absolute atomic E-state index is 13.3. The van der Waals surface area contributed by atoms with E-state index in [4.69, 9.17) is 0 Å². The van der Waals surface area contributed by atoms with Crippen LogP contribution in [0.2, 0.25) is 0 Å². The van der Waals surface area contributed by atoms with E-state index in [0.717, 1.165) is 5.52 Å². The molecule has 1 aromatic heterocycles. The van der Waals surface area contributed by atoms with Crippen LogP contribution in [0.15, 0.2) is 58.4 Å². The highest BCUT2D eigenvalue weighted by molar-refractivity contribution is 7.91. The minimum atomic E-state index is -3.40. The van der Waals surface area contributed by atoms with Gasteiger partial charge in [0.25, 0.3) is 0 Å². The Morgan fingerprint density at radius 1 is 1.19 bits per heavy atom. The van der Waals surface area contributed by atoms with Crippen LogP contribution in [-0.2, 0) is 21.7 Å². The topological polar surface area (TPSA) is 68.5 Å². The zero-order chi connectivity index (χ0) is 18.7. The van der Waals surface area contributed by atoms with Gasteiger partial charge in [-0.05, 0) is 36.8 Å². The smallest absolute Gasteiger partial charge is 0.248 e. The molecule has 0 saturated heterocycles. The van der Waals surface area contributed by atoms with Crippen molar-refractivity contribution in [3.63, 3.8) is 0 Å². The molecule has 2 aromatic carbocycles. The van der Waals surface area contributed by atoms with Crippen molar-refractivity contribution in [2.24, 2.45) is 12.0 Å². The summed E-state index contributed by atoms with van der Waals surface area (Å²) in [6.45, 7) is 0. The van der Waals surface area contributed by atoms with Gasteiger partial charge < -0.3 is 4.57 Å². The number of aromatic nitrogens is 1. The van der Waals surface area contributed by atoms with Crippen LogP contribution in [0.1, 0.15) is 12.8 Å². The molecule has 0 saturated carbocycles. The molecule has 0 fully saturated rings. The Morgan fingerprint density at radius 2 is 1.92 bits per heavy atom. The lowest BCUT2D eigenvalue weighted by Crippen LogP contribution is -2.14. The van der Waals surface area contributed by atoms with E-state index in [-0.39, 0.29) is 29.3 Å². The van der Waals surface area contributed by atoms with Crippen LogP contribution in [-0.4, -0.2) is 24.6 Å². The molecule has 8 heteroatoms. The van der Waals surface area contributed by atoms with Crippen LogP contribution >= 0.6 is 11.3 Å². The highest BCUT2D eigenvalue weighted by Gasteiger charge is 2.14. The monoisotopic (exact) mass is 392 g/mol. The number of halogens is 1. The Hall–Kier alpha value is -2.32. The van der Waals surface area contributed by atoms with Gasteiger partial charge in [0.05, 0.1) is 20.9 Å². The maximum Gasteiger partial charge on any atom is 0.248 e. The maximum atomic E-state index is 13.3. The summed E-state index contributed by atoms with van der Waals surface area (Å²) >= 11 is 1.22. The predicted octanol–water partition coefficient (Wildman–Crippen LogP) is 3.06. The Balaban J connectivity index is 1.70. The van der Waals surface area contributed by atoms with Gasteiger partial charge in [0.1, 0.15) is 5.82 Å². The third kappa shape index (κ3) is 4.08. The second-order valence-corrected chi connectivity index (χ2v) is 8.91. The molecular formula is C18H17FN2O3S2. The molecule has 0 aliphatic carbocycles. The SMILES string of the molecule is Cn1c(=NC(=O)CCCS(=O)(=O)c2ccccc2)sc2cc(F)ccc21. The average Bonchev–Trinajstić information content (AvgIpc) is 2.90. The Kier molecular flexibility index (Phi) is 5.33. The number of hydrogen-bond acceptors (Lipinski definition) is 4. The zero-order valence-corrected chi connectivity index (χ0v) is 15.7. The number of aryl methyl sites for hydroxylation is 1. The van der Waals surface area contributed by atoms with Gasteiger partial charge >= 0.3 is 0 Å². The molecule has 5 nitrogen and oxygen atoms in total. The molecule has 136 valence electrons. The standard InChI is InChI=1S/C18H17FN2O3S2/c1-21-15-10-9-13(19)12-16(15)25-18(21)20-17(22)8-5-11-26(23,24)14-6-3-2-4-7-14/h2-4,6-7,9-10,12H,5,8,11H2,1H3. The molecule has 0 spiro atoms. The summed E-state index contributed by atoms with van der Waals surface area (Å²) in [6, 6.07) is 12.5. The molecule has 3 rings (SSSR count). The van der Waals surface area contributed by atoms with Gasteiger partial charge in [-0.25, -0.2) is 12.8 Å². The molecule has 1 amide bonds. The van der Waals surface area contributed by atoms with E-state index in [1.54, 1.807) is 35.9 Å². The van der Waals surface area contributed by atoms with Gasteiger partial charge in [-0.2, -0.15) is 4.99 Å². The first-order valence-electron chi connectivity index (χ1n) is 7.97.